The number of nitrogens with zero attached hydrogens (tertiary/aromatic N) is 1. The second kappa shape index (κ2) is 9.44. The van der Waals surface area contributed by atoms with Crippen molar-refractivity contribution in [3.05, 3.63) is 0 Å². The van der Waals surface area contributed by atoms with Crippen LogP contribution in [0.2, 0.25) is 0 Å². The zero-order valence-corrected chi connectivity index (χ0v) is 9.58. The molecule has 0 amide bonds. The second-order valence-electron chi connectivity index (χ2n) is 3.74. The molecule has 0 aliphatic rings. The van der Waals surface area contributed by atoms with Crippen LogP contribution in [-0.2, 0) is 0 Å². The van der Waals surface area contributed by atoms with E-state index < -0.39 is 0 Å². The first-order valence-electron chi connectivity index (χ1n) is 5.75. The van der Waals surface area contributed by atoms with Gasteiger partial charge in [0.25, 0.3) is 0 Å². The lowest BCUT2D eigenvalue weighted by Gasteiger charge is -2.29. The first kappa shape index (κ1) is 13.9. The van der Waals surface area contributed by atoms with Gasteiger partial charge >= 0.3 is 0 Å². The molecule has 0 aliphatic heterocycles. The molecule has 0 aromatic rings. The molecule has 0 aromatic heterocycles. The summed E-state index contributed by atoms with van der Waals surface area (Å²) >= 11 is 0. The van der Waals surface area contributed by atoms with E-state index in [-0.39, 0.29) is 19.3 Å². The van der Waals surface area contributed by atoms with Gasteiger partial charge in [0.1, 0.15) is 0 Å². The van der Waals surface area contributed by atoms with E-state index in [1.54, 1.807) is 0 Å². The van der Waals surface area contributed by atoms with Gasteiger partial charge in [-0.3, -0.25) is 4.90 Å². The van der Waals surface area contributed by atoms with Crippen molar-refractivity contribution in [2.75, 3.05) is 26.3 Å². The fourth-order valence-electron chi connectivity index (χ4n) is 1.77. The van der Waals surface area contributed by atoms with Crippen LogP contribution >= 0.6 is 0 Å². The van der Waals surface area contributed by atoms with E-state index in [2.05, 4.69) is 18.7 Å². The van der Waals surface area contributed by atoms with Gasteiger partial charge in [0.15, 0.2) is 0 Å². The van der Waals surface area contributed by atoms with Crippen LogP contribution < -0.4 is 0 Å². The Labute approximate surface area is 87.7 Å². The summed E-state index contributed by atoms with van der Waals surface area (Å²) in [5.74, 6) is 0. The predicted octanol–water partition coefficient (Wildman–Crippen LogP) is 1.24. The van der Waals surface area contributed by atoms with E-state index in [1.165, 1.54) is 0 Å². The highest BCUT2D eigenvalue weighted by Crippen LogP contribution is 2.08. The summed E-state index contributed by atoms with van der Waals surface area (Å²) in [5, 5.41) is 18.0. The predicted molar refractivity (Wildman–Crippen MR) is 59.3 cm³/mol. The van der Waals surface area contributed by atoms with Gasteiger partial charge in [0, 0.05) is 12.6 Å². The summed E-state index contributed by atoms with van der Waals surface area (Å²) in [6, 6.07) is 0.238. The molecule has 3 heteroatoms. The quantitative estimate of drug-likeness (QED) is 0.592. The Morgan fingerprint density at radius 3 is 2.00 bits per heavy atom. The Bertz CT molecular complexity index is 114. The molecule has 0 aromatic carbocycles. The molecule has 0 spiro atoms. The van der Waals surface area contributed by atoms with E-state index in [0.29, 0.717) is 0 Å². The number of hydrogen-bond acceptors (Lipinski definition) is 3. The third-order valence-electron chi connectivity index (χ3n) is 2.44. The minimum atomic E-state index is 0.208. The van der Waals surface area contributed by atoms with Crippen molar-refractivity contribution in [1.82, 2.24) is 4.90 Å². The highest BCUT2D eigenvalue weighted by Gasteiger charge is 2.15. The van der Waals surface area contributed by atoms with Gasteiger partial charge in [-0.25, -0.2) is 0 Å². The molecule has 0 saturated heterocycles. The van der Waals surface area contributed by atoms with Crippen LogP contribution in [0.3, 0.4) is 0 Å². The standard InChI is InChI=1S/C11H25NO2/c1-3-7-12(8-4-2)11(10-14)6-5-9-13/h11,13-14H,3-10H2,1-2H3. The molecule has 1 atom stereocenters. The molecule has 0 aliphatic carbocycles. The van der Waals surface area contributed by atoms with Gasteiger partial charge in [-0.15, -0.1) is 0 Å². The number of aliphatic hydroxyl groups is 2. The average molecular weight is 203 g/mol. The first-order chi connectivity index (χ1) is 6.79. The number of hydrogen-bond donors (Lipinski definition) is 2. The van der Waals surface area contributed by atoms with Crippen LogP contribution in [0.25, 0.3) is 0 Å². The fraction of sp³-hybridized carbons (Fsp3) is 1.00. The topological polar surface area (TPSA) is 43.7 Å². The largest absolute Gasteiger partial charge is 0.396 e. The highest BCUT2D eigenvalue weighted by molar-refractivity contribution is 4.70. The lowest BCUT2D eigenvalue weighted by Crippen LogP contribution is -2.39. The van der Waals surface area contributed by atoms with Crippen LogP contribution in [0.4, 0.5) is 0 Å². The van der Waals surface area contributed by atoms with E-state index in [1.807, 2.05) is 0 Å². The molecule has 0 bridgehead atoms. The monoisotopic (exact) mass is 203 g/mol. The van der Waals surface area contributed by atoms with Gasteiger partial charge in [-0.1, -0.05) is 13.8 Å². The fourth-order valence-corrected chi connectivity index (χ4v) is 1.77. The Morgan fingerprint density at radius 1 is 1.07 bits per heavy atom. The summed E-state index contributed by atoms with van der Waals surface area (Å²) in [7, 11) is 0. The Kier molecular flexibility index (Phi) is 9.35. The van der Waals surface area contributed by atoms with Crippen molar-refractivity contribution in [1.29, 1.82) is 0 Å². The molecule has 0 heterocycles. The summed E-state index contributed by atoms with van der Waals surface area (Å²) in [6.45, 7) is 6.84. The van der Waals surface area contributed by atoms with Crippen molar-refractivity contribution in [3.63, 3.8) is 0 Å². The Morgan fingerprint density at radius 2 is 1.64 bits per heavy atom. The van der Waals surface area contributed by atoms with Crippen LogP contribution in [0.15, 0.2) is 0 Å². The molecular weight excluding hydrogens is 178 g/mol. The minimum Gasteiger partial charge on any atom is -0.396 e. The molecule has 1 unspecified atom stereocenters. The summed E-state index contributed by atoms with van der Waals surface area (Å²) in [4.78, 5) is 2.33. The minimum absolute atomic E-state index is 0.208. The van der Waals surface area contributed by atoms with E-state index in [4.69, 9.17) is 5.11 Å². The Hall–Kier alpha value is -0.120. The molecule has 2 N–H and O–H groups in total. The molecular formula is C11H25NO2. The smallest absolute Gasteiger partial charge is 0.0586 e. The zero-order chi connectivity index (χ0) is 10.8. The maximum atomic E-state index is 9.25. The zero-order valence-electron chi connectivity index (χ0n) is 9.58. The number of aliphatic hydroxyl groups excluding tert-OH is 2. The molecule has 14 heavy (non-hydrogen) atoms. The van der Waals surface area contributed by atoms with Gasteiger partial charge in [-0.2, -0.15) is 0 Å². The molecule has 86 valence electrons. The van der Waals surface area contributed by atoms with Crippen LogP contribution in [0.1, 0.15) is 39.5 Å². The van der Waals surface area contributed by atoms with Crippen LogP contribution in [0.5, 0.6) is 0 Å². The third-order valence-corrected chi connectivity index (χ3v) is 2.44. The van der Waals surface area contributed by atoms with E-state index >= 15 is 0 Å². The van der Waals surface area contributed by atoms with Crippen LogP contribution in [0, 0.1) is 0 Å². The van der Waals surface area contributed by atoms with Crippen molar-refractivity contribution in [3.8, 4) is 0 Å². The van der Waals surface area contributed by atoms with Crippen molar-refractivity contribution in [2.45, 2.75) is 45.6 Å². The molecule has 0 radical (unpaired) electrons. The maximum Gasteiger partial charge on any atom is 0.0586 e. The normalized spacial score (nSPS) is 13.5. The van der Waals surface area contributed by atoms with Gasteiger partial charge in [-0.05, 0) is 38.8 Å². The maximum absolute atomic E-state index is 9.25. The van der Waals surface area contributed by atoms with Crippen LogP contribution in [-0.4, -0.2) is 47.5 Å². The second-order valence-corrected chi connectivity index (χ2v) is 3.74. The highest BCUT2D eigenvalue weighted by atomic mass is 16.3. The molecule has 3 nitrogen and oxygen atoms in total. The lowest BCUT2D eigenvalue weighted by atomic mass is 10.1. The summed E-state index contributed by atoms with van der Waals surface area (Å²) < 4.78 is 0. The molecule has 0 rings (SSSR count). The van der Waals surface area contributed by atoms with Crippen molar-refractivity contribution < 1.29 is 10.2 Å². The average Bonchev–Trinajstić information content (AvgIpc) is 2.19. The third kappa shape index (κ3) is 5.58. The Balaban J connectivity index is 3.96. The molecule has 0 fully saturated rings. The summed E-state index contributed by atoms with van der Waals surface area (Å²) in [6.07, 6.45) is 3.92. The van der Waals surface area contributed by atoms with Gasteiger partial charge in [0.2, 0.25) is 0 Å². The SMILES string of the molecule is CCCN(CCC)C(CO)CCCO. The van der Waals surface area contributed by atoms with Crippen molar-refractivity contribution in [2.24, 2.45) is 0 Å². The first-order valence-corrected chi connectivity index (χ1v) is 5.75. The van der Waals surface area contributed by atoms with Gasteiger partial charge in [0.05, 0.1) is 6.61 Å². The van der Waals surface area contributed by atoms with E-state index in [0.717, 1.165) is 38.8 Å². The molecule has 0 saturated carbocycles. The van der Waals surface area contributed by atoms with Gasteiger partial charge < -0.3 is 10.2 Å². The van der Waals surface area contributed by atoms with E-state index in [9.17, 15) is 5.11 Å². The summed E-state index contributed by atoms with van der Waals surface area (Å²) in [5.41, 5.74) is 0. The number of rotatable bonds is 9. The lowest BCUT2D eigenvalue weighted by molar-refractivity contribution is 0.109. The van der Waals surface area contributed by atoms with Crippen molar-refractivity contribution >= 4 is 0 Å².